The minimum atomic E-state index is 0.157. The van der Waals surface area contributed by atoms with Crippen molar-refractivity contribution < 1.29 is 19.9 Å². The van der Waals surface area contributed by atoms with Crippen LogP contribution >= 0.6 is 11.6 Å². The van der Waals surface area contributed by atoms with Crippen molar-refractivity contribution >= 4 is 11.6 Å². The van der Waals surface area contributed by atoms with Gasteiger partial charge in [0.25, 0.3) is 0 Å². The maximum Gasteiger partial charge on any atom is 0.180 e. The monoisotopic (exact) mass is 336 g/mol. The van der Waals surface area contributed by atoms with E-state index in [9.17, 15) is 0 Å². The quantitative estimate of drug-likeness (QED) is 0.691. The lowest BCUT2D eigenvalue weighted by Crippen LogP contribution is -2.83. The second-order valence-electron chi connectivity index (χ2n) is 5.12. The lowest BCUT2D eigenvalue weighted by atomic mass is 10.2. The summed E-state index contributed by atoms with van der Waals surface area (Å²) in [4.78, 5) is 0. The molecule has 0 aliphatic carbocycles. The van der Waals surface area contributed by atoms with E-state index in [1.165, 1.54) is 0 Å². The SMILES string of the molecule is CCOc1cc(C[NH2+]CCO)cc(Cl)c1OCc1ccccc1. The topological polar surface area (TPSA) is 55.3 Å². The first-order valence-corrected chi connectivity index (χ1v) is 8.16. The van der Waals surface area contributed by atoms with Crippen LogP contribution in [0.2, 0.25) is 5.02 Å². The predicted molar refractivity (Wildman–Crippen MR) is 91.0 cm³/mol. The summed E-state index contributed by atoms with van der Waals surface area (Å²) >= 11 is 6.38. The van der Waals surface area contributed by atoms with Crippen LogP contribution < -0.4 is 14.8 Å². The highest BCUT2D eigenvalue weighted by Gasteiger charge is 2.13. The first-order chi connectivity index (χ1) is 11.2. The zero-order valence-corrected chi connectivity index (χ0v) is 14.1. The molecule has 0 aliphatic rings. The molecular formula is C18H23ClNO3+. The van der Waals surface area contributed by atoms with Crippen LogP contribution in [0.15, 0.2) is 42.5 Å². The summed E-state index contributed by atoms with van der Waals surface area (Å²) < 4.78 is 11.6. The second kappa shape index (κ2) is 9.40. The van der Waals surface area contributed by atoms with Crippen LogP contribution in [-0.2, 0) is 13.2 Å². The van der Waals surface area contributed by atoms with E-state index in [0.29, 0.717) is 36.3 Å². The van der Waals surface area contributed by atoms with Gasteiger partial charge in [-0.15, -0.1) is 0 Å². The number of quaternary nitrogens is 1. The number of hydrogen-bond donors (Lipinski definition) is 2. The number of benzene rings is 2. The summed E-state index contributed by atoms with van der Waals surface area (Å²) in [5.74, 6) is 1.23. The molecule has 0 saturated heterocycles. The Bertz CT molecular complexity index is 605. The third kappa shape index (κ3) is 5.43. The van der Waals surface area contributed by atoms with Gasteiger partial charge in [0.05, 0.1) is 24.8 Å². The Morgan fingerprint density at radius 1 is 1.09 bits per heavy atom. The number of rotatable bonds is 9. The smallest absolute Gasteiger partial charge is 0.180 e. The van der Waals surface area contributed by atoms with Crippen LogP contribution in [0.1, 0.15) is 18.1 Å². The third-order valence-electron chi connectivity index (χ3n) is 3.31. The molecule has 0 unspecified atom stereocenters. The van der Waals surface area contributed by atoms with Gasteiger partial charge in [-0.25, -0.2) is 0 Å². The van der Waals surface area contributed by atoms with Gasteiger partial charge in [-0.1, -0.05) is 41.9 Å². The second-order valence-corrected chi connectivity index (χ2v) is 5.52. The van der Waals surface area contributed by atoms with Gasteiger partial charge in [0.2, 0.25) is 0 Å². The highest BCUT2D eigenvalue weighted by molar-refractivity contribution is 6.32. The average molecular weight is 337 g/mol. The summed E-state index contributed by atoms with van der Waals surface area (Å²) in [7, 11) is 0. The Morgan fingerprint density at radius 3 is 2.57 bits per heavy atom. The Morgan fingerprint density at radius 2 is 1.87 bits per heavy atom. The van der Waals surface area contributed by atoms with Crippen molar-refractivity contribution in [1.29, 1.82) is 0 Å². The van der Waals surface area contributed by atoms with Crippen molar-refractivity contribution in [3.05, 3.63) is 58.6 Å². The van der Waals surface area contributed by atoms with E-state index in [0.717, 1.165) is 17.7 Å². The molecule has 2 aromatic carbocycles. The molecule has 124 valence electrons. The number of halogens is 1. The van der Waals surface area contributed by atoms with E-state index in [4.69, 9.17) is 26.2 Å². The molecule has 23 heavy (non-hydrogen) atoms. The lowest BCUT2D eigenvalue weighted by molar-refractivity contribution is -0.671. The Hall–Kier alpha value is -1.75. The Kier molecular flexibility index (Phi) is 7.20. The molecule has 0 spiro atoms. The van der Waals surface area contributed by atoms with Crippen LogP contribution in [0.4, 0.5) is 0 Å². The number of nitrogens with two attached hydrogens (primary N) is 1. The van der Waals surface area contributed by atoms with E-state index >= 15 is 0 Å². The van der Waals surface area contributed by atoms with Gasteiger partial charge in [0, 0.05) is 5.56 Å². The van der Waals surface area contributed by atoms with Crippen LogP contribution in [-0.4, -0.2) is 24.9 Å². The highest BCUT2D eigenvalue weighted by atomic mass is 35.5. The van der Waals surface area contributed by atoms with Crippen molar-refractivity contribution in [2.45, 2.75) is 20.1 Å². The maximum absolute atomic E-state index is 8.86. The third-order valence-corrected chi connectivity index (χ3v) is 3.59. The Balaban J connectivity index is 2.13. The average Bonchev–Trinajstić information content (AvgIpc) is 2.55. The van der Waals surface area contributed by atoms with E-state index < -0.39 is 0 Å². The van der Waals surface area contributed by atoms with Crippen molar-refractivity contribution in [3.8, 4) is 11.5 Å². The van der Waals surface area contributed by atoms with Gasteiger partial charge in [-0.05, 0) is 24.6 Å². The zero-order chi connectivity index (χ0) is 16.5. The summed E-state index contributed by atoms with van der Waals surface area (Å²) in [6.45, 7) is 4.47. The van der Waals surface area contributed by atoms with Crippen LogP contribution in [0.3, 0.4) is 0 Å². The molecule has 0 saturated carbocycles. The fourth-order valence-corrected chi connectivity index (χ4v) is 2.52. The van der Waals surface area contributed by atoms with Crippen molar-refractivity contribution in [2.24, 2.45) is 0 Å². The van der Waals surface area contributed by atoms with Gasteiger partial charge >= 0.3 is 0 Å². The highest BCUT2D eigenvalue weighted by Crippen LogP contribution is 2.37. The fraction of sp³-hybridized carbons (Fsp3) is 0.333. The number of ether oxygens (including phenoxy) is 2. The first kappa shape index (κ1) is 17.6. The standard InChI is InChI=1S/C18H22ClNO3/c1-2-22-17-11-15(12-20-8-9-21)10-16(19)18(17)23-13-14-6-4-3-5-7-14/h3-7,10-11,20-21H,2,8-9,12-13H2,1H3/p+1. The normalized spacial score (nSPS) is 10.6. The summed E-state index contributed by atoms with van der Waals surface area (Å²) in [5, 5.41) is 11.4. The molecule has 0 heterocycles. The van der Waals surface area contributed by atoms with Crippen LogP contribution in [0.25, 0.3) is 0 Å². The zero-order valence-electron chi connectivity index (χ0n) is 13.3. The van der Waals surface area contributed by atoms with Gasteiger partial charge in [0.1, 0.15) is 13.2 Å². The lowest BCUT2D eigenvalue weighted by Gasteiger charge is -2.15. The summed E-state index contributed by atoms with van der Waals surface area (Å²) in [5.41, 5.74) is 2.12. The molecular weight excluding hydrogens is 314 g/mol. The van der Waals surface area contributed by atoms with Crippen molar-refractivity contribution in [3.63, 3.8) is 0 Å². The number of aliphatic hydroxyl groups excluding tert-OH is 1. The largest absolute Gasteiger partial charge is 0.490 e. The summed E-state index contributed by atoms with van der Waals surface area (Å²) in [6.07, 6.45) is 0. The molecule has 3 N–H and O–H groups in total. The molecule has 4 nitrogen and oxygen atoms in total. The van der Waals surface area contributed by atoms with E-state index in [-0.39, 0.29) is 6.61 Å². The number of aliphatic hydroxyl groups is 1. The van der Waals surface area contributed by atoms with E-state index in [1.54, 1.807) is 0 Å². The van der Waals surface area contributed by atoms with Crippen LogP contribution in [0, 0.1) is 0 Å². The van der Waals surface area contributed by atoms with E-state index in [1.807, 2.05) is 54.7 Å². The summed E-state index contributed by atoms with van der Waals surface area (Å²) in [6, 6.07) is 13.8. The van der Waals surface area contributed by atoms with Crippen molar-refractivity contribution in [2.75, 3.05) is 19.8 Å². The Labute approximate surface area is 142 Å². The fourth-order valence-electron chi connectivity index (χ4n) is 2.23. The molecule has 0 atom stereocenters. The van der Waals surface area contributed by atoms with E-state index in [2.05, 4.69) is 0 Å². The minimum Gasteiger partial charge on any atom is -0.490 e. The van der Waals surface area contributed by atoms with Gasteiger partial charge in [0.15, 0.2) is 11.5 Å². The molecule has 0 amide bonds. The molecule has 0 radical (unpaired) electrons. The molecule has 0 fully saturated rings. The van der Waals surface area contributed by atoms with Gasteiger partial charge < -0.3 is 19.9 Å². The maximum atomic E-state index is 8.86. The van der Waals surface area contributed by atoms with Gasteiger partial charge in [-0.3, -0.25) is 0 Å². The van der Waals surface area contributed by atoms with Gasteiger partial charge in [-0.2, -0.15) is 0 Å². The van der Waals surface area contributed by atoms with Crippen molar-refractivity contribution in [1.82, 2.24) is 0 Å². The molecule has 0 aromatic heterocycles. The first-order valence-electron chi connectivity index (χ1n) is 7.79. The minimum absolute atomic E-state index is 0.157. The molecule has 0 bridgehead atoms. The van der Waals surface area contributed by atoms with Crippen LogP contribution in [0.5, 0.6) is 11.5 Å². The predicted octanol–water partition coefficient (Wildman–Crippen LogP) is 2.37. The number of hydrogen-bond acceptors (Lipinski definition) is 3. The molecule has 2 rings (SSSR count). The molecule has 0 aliphatic heterocycles. The molecule has 2 aromatic rings. The molecule has 5 heteroatoms.